The molecule has 1 aliphatic carbocycles. The van der Waals surface area contributed by atoms with Gasteiger partial charge in [0.05, 0.1) is 0 Å². The van der Waals surface area contributed by atoms with Gasteiger partial charge < -0.3 is 4.74 Å². The first kappa shape index (κ1) is 13.1. The Balaban J connectivity index is 1.93. The second-order valence-corrected chi connectivity index (χ2v) is 5.72. The predicted molar refractivity (Wildman–Crippen MR) is 86.2 cm³/mol. The monoisotopic (exact) mass is 288 g/mol. The summed E-state index contributed by atoms with van der Waals surface area (Å²) in [7, 11) is 0. The van der Waals surface area contributed by atoms with Crippen molar-refractivity contribution >= 4 is 11.5 Å². The standard InChI is InChI=1S/C20H16O2/c1-13-17-16(12-22-20(13)21)18(14-8-4-2-5-9-14)19(17)15-10-6-3-7-11-15/h2-11,19H,12H2,1H3. The molecule has 0 amide bonds. The van der Waals surface area contributed by atoms with Crippen LogP contribution < -0.4 is 0 Å². The zero-order chi connectivity index (χ0) is 15.1. The molecule has 0 saturated carbocycles. The minimum Gasteiger partial charge on any atom is -0.457 e. The average molecular weight is 288 g/mol. The lowest BCUT2D eigenvalue weighted by Gasteiger charge is -2.40. The second-order valence-electron chi connectivity index (χ2n) is 5.72. The third-order valence-electron chi connectivity index (χ3n) is 4.50. The van der Waals surface area contributed by atoms with Gasteiger partial charge in [0.1, 0.15) is 6.61 Å². The molecule has 1 atom stereocenters. The molecule has 0 N–H and O–H groups in total. The van der Waals surface area contributed by atoms with Crippen LogP contribution in [0.2, 0.25) is 0 Å². The van der Waals surface area contributed by atoms with E-state index in [1.54, 1.807) is 0 Å². The quantitative estimate of drug-likeness (QED) is 0.777. The molecule has 1 heterocycles. The molecular formula is C20H16O2. The molecule has 1 aliphatic heterocycles. The van der Waals surface area contributed by atoms with Crippen molar-refractivity contribution in [3.8, 4) is 0 Å². The van der Waals surface area contributed by atoms with E-state index in [0.717, 1.165) is 11.1 Å². The van der Waals surface area contributed by atoms with E-state index in [2.05, 4.69) is 24.3 Å². The lowest BCUT2D eigenvalue weighted by Crippen LogP contribution is -2.31. The lowest BCUT2D eigenvalue weighted by atomic mass is 9.65. The van der Waals surface area contributed by atoms with Gasteiger partial charge in [0.25, 0.3) is 0 Å². The van der Waals surface area contributed by atoms with Gasteiger partial charge in [0.15, 0.2) is 0 Å². The van der Waals surface area contributed by atoms with Crippen LogP contribution >= 0.6 is 0 Å². The fraction of sp³-hybridized carbons (Fsp3) is 0.150. The minimum absolute atomic E-state index is 0.173. The van der Waals surface area contributed by atoms with Crippen LogP contribution in [0.5, 0.6) is 0 Å². The number of benzene rings is 2. The summed E-state index contributed by atoms with van der Waals surface area (Å²) in [5.41, 5.74) is 6.80. The Morgan fingerprint density at radius 2 is 1.55 bits per heavy atom. The fourth-order valence-electron chi connectivity index (χ4n) is 3.45. The number of carbonyl (C=O) groups excluding carboxylic acids is 1. The Morgan fingerprint density at radius 3 is 2.23 bits per heavy atom. The highest BCUT2D eigenvalue weighted by Gasteiger charge is 2.42. The number of rotatable bonds is 2. The third-order valence-corrected chi connectivity index (χ3v) is 4.50. The van der Waals surface area contributed by atoms with Crippen LogP contribution in [0.1, 0.15) is 24.0 Å². The van der Waals surface area contributed by atoms with Gasteiger partial charge in [-0.2, -0.15) is 0 Å². The van der Waals surface area contributed by atoms with Crippen LogP contribution in [0.3, 0.4) is 0 Å². The molecule has 0 aromatic heterocycles. The van der Waals surface area contributed by atoms with Crippen molar-refractivity contribution in [3.05, 3.63) is 88.5 Å². The highest BCUT2D eigenvalue weighted by molar-refractivity contribution is 6.00. The van der Waals surface area contributed by atoms with Crippen molar-refractivity contribution in [3.63, 3.8) is 0 Å². The summed E-state index contributed by atoms with van der Waals surface area (Å²) in [6, 6.07) is 20.7. The molecule has 0 radical (unpaired) electrons. The molecule has 0 spiro atoms. The Labute approximate surface area is 129 Å². The number of carbonyl (C=O) groups is 1. The predicted octanol–water partition coefficient (Wildman–Crippen LogP) is 4.11. The van der Waals surface area contributed by atoms with Crippen molar-refractivity contribution in [1.29, 1.82) is 0 Å². The van der Waals surface area contributed by atoms with E-state index in [1.165, 1.54) is 22.3 Å². The zero-order valence-corrected chi connectivity index (χ0v) is 12.4. The summed E-state index contributed by atoms with van der Waals surface area (Å²) in [6.07, 6.45) is 0. The molecule has 2 aliphatic rings. The first-order chi connectivity index (χ1) is 10.8. The maximum atomic E-state index is 11.9. The molecule has 22 heavy (non-hydrogen) atoms. The van der Waals surface area contributed by atoms with Gasteiger partial charge in [0.2, 0.25) is 0 Å². The summed E-state index contributed by atoms with van der Waals surface area (Å²) in [5, 5.41) is 0. The van der Waals surface area contributed by atoms with Gasteiger partial charge in [-0.1, -0.05) is 60.7 Å². The number of fused-ring (bicyclic) bond motifs is 1. The summed E-state index contributed by atoms with van der Waals surface area (Å²) >= 11 is 0. The Bertz CT molecular complexity index is 798. The molecule has 108 valence electrons. The van der Waals surface area contributed by atoms with E-state index in [0.29, 0.717) is 6.61 Å². The summed E-state index contributed by atoms with van der Waals surface area (Å²) < 4.78 is 5.31. The first-order valence-electron chi connectivity index (χ1n) is 7.49. The van der Waals surface area contributed by atoms with Crippen molar-refractivity contribution < 1.29 is 9.53 Å². The lowest BCUT2D eigenvalue weighted by molar-refractivity contribution is -0.138. The van der Waals surface area contributed by atoms with Crippen molar-refractivity contribution in [2.45, 2.75) is 12.8 Å². The SMILES string of the molecule is CC1=C2C(=C(c3ccccc3)C2c2ccccc2)COC1=O. The summed E-state index contributed by atoms with van der Waals surface area (Å²) in [5.74, 6) is -0.0155. The van der Waals surface area contributed by atoms with Gasteiger partial charge in [-0.25, -0.2) is 4.79 Å². The fourth-order valence-corrected chi connectivity index (χ4v) is 3.45. The van der Waals surface area contributed by atoms with E-state index in [1.807, 2.05) is 43.3 Å². The molecule has 2 aromatic rings. The van der Waals surface area contributed by atoms with Crippen LogP contribution in [0, 0.1) is 0 Å². The van der Waals surface area contributed by atoms with Crippen molar-refractivity contribution in [1.82, 2.24) is 0 Å². The number of ether oxygens (including phenoxy) is 1. The van der Waals surface area contributed by atoms with E-state index >= 15 is 0 Å². The van der Waals surface area contributed by atoms with Gasteiger partial charge in [-0.3, -0.25) is 0 Å². The number of cyclic esters (lactones) is 1. The first-order valence-corrected chi connectivity index (χ1v) is 7.49. The van der Waals surface area contributed by atoms with Crippen molar-refractivity contribution in [2.24, 2.45) is 0 Å². The highest BCUT2D eigenvalue weighted by atomic mass is 16.5. The molecule has 2 aromatic carbocycles. The maximum Gasteiger partial charge on any atom is 0.334 e. The van der Waals surface area contributed by atoms with E-state index in [-0.39, 0.29) is 11.9 Å². The van der Waals surface area contributed by atoms with E-state index in [9.17, 15) is 4.79 Å². The average Bonchev–Trinajstić information content (AvgIpc) is 2.54. The largest absolute Gasteiger partial charge is 0.457 e. The number of allylic oxidation sites excluding steroid dienone is 1. The van der Waals surface area contributed by atoms with Gasteiger partial charge in [0, 0.05) is 11.5 Å². The molecule has 4 rings (SSSR count). The number of hydrogen-bond donors (Lipinski definition) is 0. The highest BCUT2D eigenvalue weighted by Crippen LogP contribution is 2.54. The van der Waals surface area contributed by atoms with Crippen LogP contribution in [0.25, 0.3) is 5.57 Å². The van der Waals surface area contributed by atoms with E-state index < -0.39 is 0 Å². The number of esters is 1. The topological polar surface area (TPSA) is 26.3 Å². The van der Waals surface area contributed by atoms with Crippen molar-refractivity contribution in [2.75, 3.05) is 6.61 Å². The Kier molecular flexibility index (Phi) is 2.97. The minimum atomic E-state index is -0.188. The molecule has 2 heteroatoms. The smallest absolute Gasteiger partial charge is 0.334 e. The summed E-state index contributed by atoms with van der Waals surface area (Å²) in [4.78, 5) is 11.9. The Morgan fingerprint density at radius 1 is 0.909 bits per heavy atom. The van der Waals surface area contributed by atoms with Crippen LogP contribution in [0.4, 0.5) is 0 Å². The van der Waals surface area contributed by atoms with Crippen LogP contribution in [0.15, 0.2) is 77.4 Å². The van der Waals surface area contributed by atoms with Gasteiger partial charge >= 0.3 is 5.97 Å². The van der Waals surface area contributed by atoms with Gasteiger partial charge in [-0.15, -0.1) is 0 Å². The Hall–Kier alpha value is -2.61. The zero-order valence-electron chi connectivity index (χ0n) is 12.4. The molecular weight excluding hydrogens is 272 g/mol. The van der Waals surface area contributed by atoms with E-state index in [4.69, 9.17) is 4.74 Å². The molecule has 0 fully saturated rings. The van der Waals surface area contributed by atoms with Gasteiger partial charge in [-0.05, 0) is 34.8 Å². The molecule has 1 unspecified atom stereocenters. The normalized spacial score (nSPS) is 20.4. The van der Waals surface area contributed by atoms with Crippen LogP contribution in [-0.4, -0.2) is 12.6 Å². The molecule has 0 bridgehead atoms. The maximum absolute atomic E-state index is 11.9. The summed E-state index contributed by atoms with van der Waals surface area (Å²) in [6.45, 7) is 2.26. The second kappa shape index (κ2) is 4.99. The third kappa shape index (κ3) is 1.84. The van der Waals surface area contributed by atoms with Crippen LogP contribution in [-0.2, 0) is 9.53 Å². The molecule has 0 saturated heterocycles. The molecule has 2 nitrogen and oxygen atoms in total. The number of hydrogen-bond acceptors (Lipinski definition) is 2.